The van der Waals surface area contributed by atoms with Gasteiger partial charge in [0.2, 0.25) is 0 Å². The van der Waals surface area contributed by atoms with E-state index in [0.717, 1.165) is 19.3 Å². The minimum absolute atomic E-state index is 0.0177. The Hall–Kier alpha value is -2.05. The molecule has 0 aliphatic carbocycles. The summed E-state index contributed by atoms with van der Waals surface area (Å²) in [6.07, 6.45) is 3.17. The number of benzene rings is 2. The number of unbranched alkanes of at least 4 members (excludes halogenated alkanes) is 1. The second kappa shape index (κ2) is 9.24. The highest BCUT2D eigenvalue weighted by atomic mass is 35.5. The Balaban J connectivity index is 2.22. The van der Waals surface area contributed by atoms with Crippen LogP contribution in [0.1, 0.15) is 49.5 Å². The van der Waals surface area contributed by atoms with Crippen molar-refractivity contribution in [2.24, 2.45) is 0 Å². The summed E-state index contributed by atoms with van der Waals surface area (Å²) in [7, 11) is -3.83. The molecule has 0 aliphatic heterocycles. The van der Waals surface area contributed by atoms with E-state index in [1.54, 1.807) is 12.1 Å². The number of halogens is 1. The molecule has 1 amide bonds. The van der Waals surface area contributed by atoms with Crippen molar-refractivity contribution < 1.29 is 13.2 Å². The van der Waals surface area contributed by atoms with Gasteiger partial charge in [0.25, 0.3) is 15.9 Å². The molecule has 0 saturated carbocycles. The zero-order chi connectivity index (χ0) is 20.0. The third-order valence-electron chi connectivity index (χ3n) is 3.94. The Morgan fingerprint density at radius 1 is 1.11 bits per heavy atom. The van der Waals surface area contributed by atoms with E-state index < -0.39 is 15.9 Å². The van der Waals surface area contributed by atoms with Crippen molar-refractivity contribution in [3.8, 4) is 0 Å². The number of carbonyl (C=O) groups is 1. The molecule has 0 heterocycles. The van der Waals surface area contributed by atoms with Gasteiger partial charge in [0.05, 0.1) is 15.5 Å². The van der Waals surface area contributed by atoms with Crippen molar-refractivity contribution >= 4 is 33.2 Å². The summed E-state index contributed by atoms with van der Waals surface area (Å²) < 4.78 is 27.9. The van der Waals surface area contributed by atoms with Gasteiger partial charge >= 0.3 is 0 Å². The van der Waals surface area contributed by atoms with Gasteiger partial charge in [0.1, 0.15) is 0 Å². The fourth-order valence-electron chi connectivity index (χ4n) is 2.52. The number of aryl methyl sites for hydroxylation is 1. The highest BCUT2D eigenvalue weighted by molar-refractivity contribution is 7.92. The fraction of sp³-hybridized carbons (Fsp3) is 0.350. The first-order chi connectivity index (χ1) is 12.7. The molecule has 0 spiro atoms. The van der Waals surface area contributed by atoms with Crippen LogP contribution in [0.25, 0.3) is 0 Å². The van der Waals surface area contributed by atoms with E-state index in [9.17, 15) is 13.2 Å². The third-order valence-corrected chi connectivity index (χ3v) is 5.65. The number of anilines is 1. The Morgan fingerprint density at radius 3 is 2.37 bits per heavy atom. The molecule has 2 aromatic carbocycles. The van der Waals surface area contributed by atoms with E-state index in [1.165, 1.54) is 23.8 Å². The van der Waals surface area contributed by atoms with E-state index in [-0.39, 0.29) is 21.5 Å². The van der Waals surface area contributed by atoms with Crippen molar-refractivity contribution in [2.45, 2.75) is 51.0 Å². The van der Waals surface area contributed by atoms with Crippen LogP contribution >= 0.6 is 11.6 Å². The van der Waals surface area contributed by atoms with E-state index >= 15 is 0 Å². The number of sulfonamides is 1. The average molecular weight is 409 g/mol. The maximum Gasteiger partial charge on any atom is 0.261 e. The van der Waals surface area contributed by atoms with Gasteiger partial charge in [-0.3, -0.25) is 9.52 Å². The van der Waals surface area contributed by atoms with Gasteiger partial charge in [0.15, 0.2) is 0 Å². The largest absolute Gasteiger partial charge is 0.350 e. The first-order valence-electron chi connectivity index (χ1n) is 8.95. The minimum atomic E-state index is -3.83. The van der Waals surface area contributed by atoms with E-state index in [4.69, 9.17) is 11.6 Å². The average Bonchev–Trinajstić information content (AvgIpc) is 2.60. The quantitative estimate of drug-likeness (QED) is 0.669. The fourth-order valence-corrected chi connectivity index (χ4v) is 3.81. The molecule has 2 aromatic rings. The smallest absolute Gasteiger partial charge is 0.261 e. The first kappa shape index (κ1) is 21.3. The molecule has 0 bridgehead atoms. The van der Waals surface area contributed by atoms with E-state index in [1.807, 2.05) is 26.0 Å². The normalized spacial score (nSPS) is 11.4. The third kappa shape index (κ3) is 5.97. The van der Waals surface area contributed by atoms with Crippen LogP contribution in [-0.4, -0.2) is 20.4 Å². The second-order valence-electron chi connectivity index (χ2n) is 6.68. The van der Waals surface area contributed by atoms with Crippen LogP contribution in [0.4, 0.5) is 5.69 Å². The van der Waals surface area contributed by atoms with E-state index in [2.05, 4.69) is 17.0 Å². The van der Waals surface area contributed by atoms with Gasteiger partial charge in [-0.1, -0.05) is 37.1 Å². The maximum atomic E-state index is 12.7. The molecule has 0 aliphatic rings. The summed E-state index contributed by atoms with van der Waals surface area (Å²) in [5, 5.41) is 2.91. The maximum absolute atomic E-state index is 12.7. The van der Waals surface area contributed by atoms with Gasteiger partial charge in [0, 0.05) is 11.7 Å². The molecular formula is C20H25ClN2O3S. The zero-order valence-electron chi connectivity index (χ0n) is 15.8. The van der Waals surface area contributed by atoms with Gasteiger partial charge < -0.3 is 5.32 Å². The Morgan fingerprint density at radius 2 is 1.78 bits per heavy atom. The molecule has 5 nitrogen and oxygen atoms in total. The minimum Gasteiger partial charge on any atom is -0.350 e. The molecule has 0 aromatic heterocycles. The lowest BCUT2D eigenvalue weighted by atomic mass is 10.1. The lowest BCUT2D eigenvalue weighted by Crippen LogP contribution is -2.30. The van der Waals surface area contributed by atoms with Crippen LogP contribution in [0.5, 0.6) is 0 Å². The number of carbonyl (C=O) groups excluding carboxylic acids is 1. The van der Waals surface area contributed by atoms with E-state index in [0.29, 0.717) is 5.69 Å². The lowest BCUT2D eigenvalue weighted by molar-refractivity contribution is 0.0943. The van der Waals surface area contributed by atoms with Crippen molar-refractivity contribution in [3.63, 3.8) is 0 Å². The summed E-state index contributed by atoms with van der Waals surface area (Å²) in [6.45, 7) is 5.76. The highest BCUT2D eigenvalue weighted by Gasteiger charge is 2.19. The van der Waals surface area contributed by atoms with Crippen molar-refractivity contribution in [2.75, 3.05) is 4.72 Å². The molecule has 0 radical (unpaired) electrons. The molecule has 2 rings (SSSR count). The number of rotatable bonds is 8. The molecule has 0 atom stereocenters. The predicted octanol–water partition coefficient (Wildman–Crippen LogP) is 4.62. The molecule has 0 saturated heterocycles. The number of amides is 1. The van der Waals surface area contributed by atoms with Crippen LogP contribution in [0.3, 0.4) is 0 Å². The van der Waals surface area contributed by atoms with Crippen LogP contribution in [0.2, 0.25) is 5.02 Å². The topological polar surface area (TPSA) is 75.3 Å². The molecular weight excluding hydrogens is 384 g/mol. The van der Waals surface area contributed by atoms with Crippen molar-refractivity contribution in [1.29, 1.82) is 0 Å². The van der Waals surface area contributed by atoms with Gasteiger partial charge in [-0.2, -0.15) is 0 Å². The SMILES string of the molecule is CCCCc1ccc(NS(=O)(=O)c2ccc(Cl)c(C(=O)NC(C)C)c2)cc1. The summed E-state index contributed by atoms with van der Waals surface area (Å²) in [4.78, 5) is 12.2. The van der Waals surface area contributed by atoms with Gasteiger partial charge in [-0.25, -0.2) is 8.42 Å². The Bertz CT molecular complexity index is 894. The van der Waals surface area contributed by atoms with Gasteiger partial charge in [-0.05, 0) is 62.6 Å². The summed E-state index contributed by atoms with van der Waals surface area (Å²) in [5.74, 6) is -0.410. The van der Waals surface area contributed by atoms with Crippen LogP contribution in [0, 0.1) is 0 Å². The van der Waals surface area contributed by atoms with Crippen molar-refractivity contribution in [1.82, 2.24) is 5.32 Å². The summed E-state index contributed by atoms with van der Waals surface area (Å²) in [5.41, 5.74) is 1.76. The van der Waals surface area contributed by atoms with Crippen LogP contribution < -0.4 is 10.0 Å². The van der Waals surface area contributed by atoms with Crippen molar-refractivity contribution in [3.05, 3.63) is 58.6 Å². The van der Waals surface area contributed by atoms with Crippen LogP contribution in [-0.2, 0) is 16.4 Å². The second-order valence-corrected chi connectivity index (χ2v) is 8.77. The summed E-state index contributed by atoms with van der Waals surface area (Å²) >= 11 is 6.07. The molecule has 7 heteroatoms. The summed E-state index contributed by atoms with van der Waals surface area (Å²) in [6, 6.07) is 11.3. The number of hydrogen-bond donors (Lipinski definition) is 2. The van der Waals surface area contributed by atoms with Crippen LogP contribution in [0.15, 0.2) is 47.4 Å². The monoisotopic (exact) mass is 408 g/mol. The Kier molecular flexibility index (Phi) is 7.27. The number of nitrogens with one attached hydrogen (secondary N) is 2. The number of hydrogen-bond acceptors (Lipinski definition) is 3. The Labute approximate surface area is 166 Å². The highest BCUT2D eigenvalue weighted by Crippen LogP contribution is 2.23. The molecule has 0 unspecified atom stereocenters. The molecule has 146 valence electrons. The lowest BCUT2D eigenvalue weighted by Gasteiger charge is -2.12. The molecule has 27 heavy (non-hydrogen) atoms. The molecule has 0 fully saturated rings. The van der Waals surface area contributed by atoms with Gasteiger partial charge in [-0.15, -0.1) is 0 Å². The standard InChI is InChI=1S/C20H25ClN2O3S/c1-4-5-6-15-7-9-16(10-8-15)23-27(25,26)17-11-12-19(21)18(13-17)20(24)22-14(2)3/h7-14,23H,4-6H2,1-3H3,(H,22,24). The first-order valence-corrected chi connectivity index (χ1v) is 10.8. The molecule has 2 N–H and O–H groups in total. The zero-order valence-corrected chi connectivity index (χ0v) is 17.3. The predicted molar refractivity (Wildman–Crippen MR) is 110 cm³/mol.